The molecule has 0 aliphatic rings. The summed E-state index contributed by atoms with van der Waals surface area (Å²) in [5.41, 5.74) is 5.34. The Morgan fingerprint density at radius 1 is 0.756 bits per heavy atom. The number of carbonyl (C=O) groups excluding carboxylic acids is 4. The number of nitrogens with two attached hydrogens (primary N) is 1. The molecule has 0 amide bonds. The zero-order valence-corrected chi connectivity index (χ0v) is 25.5. The molecule has 1 rings (SSSR count). The molecule has 11 heteroatoms. The van der Waals surface area contributed by atoms with Crippen LogP contribution < -0.4 is 15.2 Å². The lowest BCUT2D eigenvalue weighted by Gasteiger charge is -2.26. The zero-order valence-electron chi connectivity index (χ0n) is 25.5. The number of ether oxygens (including phenoxy) is 6. The van der Waals surface area contributed by atoms with E-state index < -0.39 is 23.8 Å². The van der Waals surface area contributed by atoms with E-state index in [-0.39, 0.29) is 56.6 Å². The molecule has 0 heterocycles. The lowest BCUT2D eigenvalue weighted by Crippen LogP contribution is -2.51. The quantitative estimate of drug-likeness (QED) is 0.139. The fourth-order valence-electron chi connectivity index (χ4n) is 3.48. The van der Waals surface area contributed by atoms with Crippen LogP contribution in [0.3, 0.4) is 0 Å². The van der Waals surface area contributed by atoms with Crippen LogP contribution in [0.1, 0.15) is 79.2 Å². The second-order valence-electron chi connectivity index (χ2n) is 11.3. The molecule has 41 heavy (non-hydrogen) atoms. The minimum Gasteiger partial charge on any atom is -0.468 e. The summed E-state index contributed by atoms with van der Waals surface area (Å²) in [6.45, 7) is 12.2. The minimum atomic E-state index is -1.56. The Morgan fingerprint density at radius 2 is 1.29 bits per heavy atom. The van der Waals surface area contributed by atoms with Crippen LogP contribution in [0.5, 0.6) is 11.5 Å². The Hall–Kier alpha value is -3.34. The van der Waals surface area contributed by atoms with E-state index in [0.717, 1.165) is 0 Å². The highest BCUT2D eigenvalue weighted by Gasteiger charge is 2.36. The van der Waals surface area contributed by atoms with Crippen molar-refractivity contribution in [1.29, 1.82) is 0 Å². The zero-order chi connectivity index (χ0) is 31.0. The van der Waals surface area contributed by atoms with E-state index in [9.17, 15) is 19.2 Å². The third-order valence-electron chi connectivity index (χ3n) is 6.07. The van der Waals surface area contributed by atoms with Gasteiger partial charge in [0.2, 0.25) is 0 Å². The first kappa shape index (κ1) is 35.7. The molecule has 1 aromatic carbocycles. The van der Waals surface area contributed by atoms with Gasteiger partial charge in [0, 0.05) is 19.3 Å². The van der Waals surface area contributed by atoms with Gasteiger partial charge in [-0.15, -0.1) is 0 Å². The van der Waals surface area contributed by atoms with E-state index in [1.807, 2.05) is 41.5 Å². The van der Waals surface area contributed by atoms with Crippen LogP contribution in [0.15, 0.2) is 18.2 Å². The summed E-state index contributed by atoms with van der Waals surface area (Å²) in [4.78, 5) is 49.3. The minimum absolute atomic E-state index is 0.0129. The van der Waals surface area contributed by atoms with Crippen molar-refractivity contribution in [3.8, 4) is 11.5 Å². The monoisotopic (exact) mass is 581 g/mol. The third-order valence-corrected chi connectivity index (χ3v) is 6.07. The van der Waals surface area contributed by atoms with Crippen molar-refractivity contribution in [3.05, 3.63) is 23.8 Å². The molecule has 0 unspecified atom stereocenters. The fraction of sp³-hybridized carbons (Fsp3) is 0.667. The molecular formula is C30H47NO10. The van der Waals surface area contributed by atoms with Crippen LogP contribution in [0.2, 0.25) is 0 Å². The highest BCUT2D eigenvalue weighted by atomic mass is 16.7. The maximum atomic E-state index is 12.6. The smallest absolute Gasteiger partial charge is 0.468 e. The average molecular weight is 582 g/mol. The molecule has 0 radical (unpaired) electrons. The molecule has 0 aliphatic heterocycles. The van der Waals surface area contributed by atoms with Crippen LogP contribution in [0.25, 0.3) is 0 Å². The summed E-state index contributed by atoms with van der Waals surface area (Å²) >= 11 is 0. The van der Waals surface area contributed by atoms with Gasteiger partial charge in [-0.25, -0.2) is 9.59 Å². The van der Waals surface area contributed by atoms with Gasteiger partial charge in [-0.05, 0) is 54.7 Å². The second kappa shape index (κ2) is 18.2. The molecule has 232 valence electrons. The molecule has 0 saturated heterocycles. The summed E-state index contributed by atoms with van der Waals surface area (Å²) in [5.74, 6) is -0.287. The standard InChI is InChI=1S/C30H47NO10/c1-20(2)8-11-26(32)37-17-14-30(31,27(33)36-7)19-23-9-10-24(40-28(34)38-15-12-21(3)4)25(18-23)41-29(35)39-16-13-22(5)6/h9-10,18,20-22H,8,11-17,19,31H2,1-7H3/t30-/m1/s1. The molecule has 0 fully saturated rings. The van der Waals surface area contributed by atoms with Crippen LogP contribution in [0.4, 0.5) is 9.59 Å². The van der Waals surface area contributed by atoms with Crippen LogP contribution in [-0.2, 0) is 35.0 Å². The van der Waals surface area contributed by atoms with Crippen molar-refractivity contribution < 1.29 is 47.6 Å². The average Bonchev–Trinajstić information content (AvgIpc) is 2.88. The van der Waals surface area contributed by atoms with Gasteiger partial charge in [0.05, 0.1) is 26.9 Å². The van der Waals surface area contributed by atoms with E-state index in [2.05, 4.69) is 0 Å². The Bertz CT molecular complexity index is 991. The summed E-state index contributed by atoms with van der Waals surface area (Å²) in [6.07, 6.45) is 0.229. The van der Waals surface area contributed by atoms with Gasteiger partial charge in [0.1, 0.15) is 5.54 Å². The van der Waals surface area contributed by atoms with Gasteiger partial charge >= 0.3 is 24.2 Å². The summed E-state index contributed by atoms with van der Waals surface area (Å²) in [7, 11) is 1.21. The number of hydrogen-bond donors (Lipinski definition) is 1. The van der Waals surface area contributed by atoms with Gasteiger partial charge in [-0.2, -0.15) is 0 Å². The number of rotatable bonds is 17. The maximum absolute atomic E-state index is 12.6. The Balaban J connectivity index is 3.09. The van der Waals surface area contributed by atoms with E-state index in [0.29, 0.717) is 42.6 Å². The fourth-order valence-corrected chi connectivity index (χ4v) is 3.48. The summed E-state index contributed by atoms with van der Waals surface area (Å²) in [6, 6.07) is 4.38. The first-order chi connectivity index (χ1) is 19.2. The highest BCUT2D eigenvalue weighted by molar-refractivity contribution is 5.81. The second-order valence-corrected chi connectivity index (χ2v) is 11.3. The van der Waals surface area contributed by atoms with Crippen molar-refractivity contribution in [2.75, 3.05) is 26.9 Å². The first-order valence-electron chi connectivity index (χ1n) is 14.1. The van der Waals surface area contributed by atoms with Crippen molar-refractivity contribution in [3.63, 3.8) is 0 Å². The van der Waals surface area contributed by atoms with Gasteiger partial charge in [0.15, 0.2) is 11.5 Å². The van der Waals surface area contributed by atoms with Gasteiger partial charge < -0.3 is 34.2 Å². The molecule has 1 aromatic rings. The predicted octanol–water partition coefficient (Wildman–Crippen LogP) is 5.59. The van der Waals surface area contributed by atoms with E-state index in [1.165, 1.54) is 19.2 Å². The molecular weight excluding hydrogens is 534 g/mol. The third kappa shape index (κ3) is 14.7. The van der Waals surface area contributed by atoms with E-state index in [1.54, 1.807) is 6.07 Å². The SMILES string of the molecule is COC(=O)[C@@](N)(CCOC(=O)CCC(C)C)Cc1ccc(OC(=O)OCCC(C)C)c(OC(=O)OCCC(C)C)c1. The van der Waals surface area contributed by atoms with Crippen molar-refractivity contribution in [2.45, 2.75) is 85.6 Å². The Morgan fingerprint density at radius 3 is 1.80 bits per heavy atom. The number of esters is 2. The predicted molar refractivity (Wildman–Crippen MR) is 152 cm³/mol. The summed E-state index contributed by atoms with van der Waals surface area (Å²) < 4.78 is 31.1. The normalized spacial score (nSPS) is 12.6. The van der Waals surface area contributed by atoms with E-state index in [4.69, 9.17) is 34.2 Å². The molecule has 2 N–H and O–H groups in total. The largest absolute Gasteiger partial charge is 0.513 e. The van der Waals surface area contributed by atoms with E-state index >= 15 is 0 Å². The van der Waals surface area contributed by atoms with Crippen LogP contribution in [-0.4, -0.2) is 56.7 Å². The van der Waals surface area contributed by atoms with Gasteiger partial charge in [-0.1, -0.05) is 47.6 Å². The number of hydrogen-bond acceptors (Lipinski definition) is 11. The maximum Gasteiger partial charge on any atom is 0.513 e. The van der Waals surface area contributed by atoms with Gasteiger partial charge in [-0.3, -0.25) is 9.59 Å². The van der Waals surface area contributed by atoms with Crippen molar-refractivity contribution in [2.24, 2.45) is 23.5 Å². The Kier molecular flexibility index (Phi) is 15.8. The van der Waals surface area contributed by atoms with Crippen LogP contribution >= 0.6 is 0 Å². The number of benzene rings is 1. The molecule has 0 spiro atoms. The molecule has 0 bridgehead atoms. The highest BCUT2D eigenvalue weighted by Crippen LogP contribution is 2.31. The Labute approximate surface area is 243 Å². The van der Waals surface area contributed by atoms with Crippen molar-refractivity contribution in [1.82, 2.24) is 0 Å². The topological polar surface area (TPSA) is 150 Å². The lowest BCUT2D eigenvalue weighted by molar-refractivity contribution is -0.151. The molecule has 11 nitrogen and oxygen atoms in total. The lowest BCUT2D eigenvalue weighted by atomic mass is 9.88. The molecule has 0 saturated carbocycles. The first-order valence-corrected chi connectivity index (χ1v) is 14.1. The van der Waals surface area contributed by atoms with Crippen LogP contribution in [0, 0.1) is 17.8 Å². The van der Waals surface area contributed by atoms with Gasteiger partial charge in [0.25, 0.3) is 0 Å². The van der Waals surface area contributed by atoms with Crippen molar-refractivity contribution >= 4 is 24.2 Å². The molecule has 1 atom stereocenters. The molecule has 0 aromatic heterocycles. The number of methoxy groups -OCH3 is 1. The summed E-state index contributed by atoms with van der Waals surface area (Å²) in [5, 5.41) is 0. The molecule has 0 aliphatic carbocycles. The number of carbonyl (C=O) groups is 4.